The maximum absolute atomic E-state index is 12.7. The average Bonchev–Trinajstić information content (AvgIpc) is 3.54. The minimum Gasteiger partial charge on any atom is -0.494 e. The molecular formula is C22H26N6O2. The van der Waals surface area contributed by atoms with E-state index in [1.165, 1.54) is 12.8 Å². The summed E-state index contributed by atoms with van der Waals surface area (Å²) in [6.07, 6.45) is 2.76. The topological polar surface area (TPSA) is 75.9 Å². The van der Waals surface area contributed by atoms with Crippen LogP contribution in [0.25, 0.3) is 5.65 Å². The van der Waals surface area contributed by atoms with E-state index in [1.807, 2.05) is 52.7 Å². The van der Waals surface area contributed by atoms with Crippen LogP contribution in [-0.2, 0) is 11.2 Å². The zero-order chi connectivity index (χ0) is 20.5. The maximum Gasteiger partial charge on any atom is 0.227 e. The predicted molar refractivity (Wildman–Crippen MR) is 113 cm³/mol. The molecule has 0 N–H and O–H groups in total. The summed E-state index contributed by atoms with van der Waals surface area (Å²) in [5.74, 6) is 3.39. The molecule has 1 aliphatic heterocycles. The first-order chi connectivity index (χ1) is 14.7. The number of amides is 1. The van der Waals surface area contributed by atoms with E-state index in [-0.39, 0.29) is 5.91 Å². The van der Waals surface area contributed by atoms with Gasteiger partial charge < -0.3 is 14.5 Å². The van der Waals surface area contributed by atoms with Crippen molar-refractivity contribution in [3.8, 4) is 5.75 Å². The number of piperazine rings is 1. The number of rotatable bonds is 6. The second-order valence-electron chi connectivity index (χ2n) is 7.92. The van der Waals surface area contributed by atoms with E-state index in [0.29, 0.717) is 32.0 Å². The summed E-state index contributed by atoms with van der Waals surface area (Å²) in [5, 5.41) is 13.3. The first kappa shape index (κ1) is 18.8. The largest absolute Gasteiger partial charge is 0.494 e. The lowest BCUT2D eigenvalue weighted by Crippen LogP contribution is -2.49. The van der Waals surface area contributed by atoms with Crippen molar-refractivity contribution in [2.45, 2.75) is 32.1 Å². The fourth-order valence-electron chi connectivity index (χ4n) is 3.90. The van der Waals surface area contributed by atoms with Crippen molar-refractivity contribution >= 4 is 17.4 Å². The van der Waals surface area contributed by atoms with Gasteiger partial charge in [-0.05, 0) is 49.6 Å². The first-order valence-electron chi connectivity index (χ1n) is 10.7. The second kappa shape index (κ2) is 7.93. The van der Waals surface area contributed by atoms with Crippen LogP contribution in [0, 0.1) is 0 Å². The zero-order valence-electron chi connectivity index (χ0n) is 17.2. The van der Waals surface area contributed by atoms with Crippen molar-refractivity contribution in [3.05, 3.63) is 47.8 Å². The third-order valence-electron chi connectivity index (χ3n) is 5.76. The summed E-state index contributed by atoms with van der Waals surface area (Å²) in [4.78, 5) is 16.9. The quantitative estimate of drug-likeness (QED) is 0.625. The van der Waals surface area contributed by atoms with Gasteiger partial charge in [-0.1, -0.05) is 12.1 Å². The van der Waals surface area contributed by atoms with Crippen molar-refractivity contribution in [1.29, 1.82) is 0 Å². The number of aromatic nitrogens is 4. The van der Waals surface area contributed by atoms with Crippen LogP contribution in [0.5, 0.6) is 5.75 Å². The lowest BCUT2D eigenvalue weighted by atomic mass is 10.1. The van der Waals surface area contributed by atoms with Gasteiger partial charge >= 0.3 is 0 Å². The molecule has 1 aromatic carbocycles. The van der Waals surface area contributed by atoms with Gasteiger partial charge in [0.1, 0.15) is 11.6 Å². The number of benzene rings is 1. The molecule has 1 aliphatic carbocycles. The first-order valence-corrected chi connectivity index (χ1v) is 10.7. The van der Waals surface area contributed by atoms with Crippen molar-refractivity contribution in [2.75, 3.05) is 37.7 Å². The summed E-state index contributed by atoms with van der Waals surface area (Å²) >= 11 is 0. The molecule has 2 aliphatic rings. The van der Waals surface area contributed by atoms with Crippen molar-refractivity contribution in [3.63, 3.8) is 0 Å². The van der Waals surface area contributed by atoms with Gasteiger partial charge in [-0.2, -0.15) is 4.52 Å². The zero-order valence-corrected chi connectivity index (χ0v) is 17.2. The third kappa shape index (κ3) is 3.81. The van der Waals surface area contributed by atoms with E-state index < -0.39 is 0 Å². The highest BCUT2D eigenvalue weighted by atomic mass is 16.5. The number of nitrogens with zero attached hydrogens (tertiary/aromatic N) is 6. The van der Waals surface area contributed by atoms with Gasteiger partial charge in [0.05, 0.1) is 13.0 Å². The van der Waals surface area contributed by atoms with Gasteiger partial charge in [0.15, 0.2) is 11.5 Å². The van der Waals surface area contributed by atoms with Crippen LogP contribution in [0.15, 0.2) is 36.4 Å². The number of carbonyl (C=O) groups excluding carboxylic acids is 1. The average molecular weight is 406 g/mol. The summed E-state index contributed by atoms with van der Waals surface area (Å²) in [5.41, 5.74) is 1.81. The highest BCUT2D eigenvalue weighted by molar-refractivity contribution is 5.79. The molecule has 0 radical (unpaired) electrons. The van der Waals surface area contributed by atoms with Crippen LogP contribution in [0.1, 0.15) is 37.1 Å². The molecule has 3 heterocycles. The van der Waals surface area contributed by atoms with E-state index >= 15 is 0 Å². The molecule has 8 nitrogen and oxygen atoms in total. The van der Waals surface area contributed by atoms with Crippen LogP contribution in [-0.4, -0.2) is 63.4 Å². The van der Waals surface area contributed by atoms with E-state index in [2.05, 4.69) is 15.1 Å². The highest BCUT2D eigenvalue weighted by Crippen LogP contribution is 2.38. The number of hydrogen-bond donors (Lipinski definition) is 0. The molecule has 3 aromatic rings. The molecule has 30 heavy (non-hydrogen) atoms. The van der Waals surface area contributed by atoms with Gasteiger partial charge in [0, 0.05) is 32.1 Å². The molecule has 0 atom stereocenters. The molecule has 1 saturated heterocycles. The molecule has 2 fully saturated rings. The molecule has 156 valence electrons. The van der Waals surface area contributed by atoms with Crippen molar-refractivity contribution in [2.24, 2.45) is 0 Å². The Bertz CT molecular complexity index is 1040. The van der Waals surface area contributed by atoms with Crippen LogP contribution >= 0.6 is 0 Å². The van der Waals surface area contributed by atoms with Crippen molar-refractivity contribution < 1.29 is 9.53 Å². The summed E-state index contributed by atoms with van der Waals surface area (Å²) in [6.45, 7) is 5.55. The number of carbonyl (C=O) groups is 1. The predicted octanol–water partition coefficient (Wildman–Crippen LogP) is 2.29. The summed E-state index contributed by atoms with van der Waals surface area (Å²) < 4.78 is 7.35. The summed E-state index contributed by atoms with van der Waals surface area (Å²) in [6, 6.07) is 11.8. The molecular weight excluding hydrogens is 380 g/mol. The normalized spacial score (nSPS) is 16.8. The monoisotopic (exact) mass is 406 g/mol. The van der Waals surface area contributed by atoms with E-state index in [1.54, 1.807) is 0 Å². The van der Waals surface area contributed by atoms with Crippen LogP contribution in [0.4, 0.5) is 5.82 Å². The molecule has 2 aromatic heterocycles. The lowest BCUT2D eigenvalue weighted by Gasteiger charge is -2.35. The molecule has 5 rings (SSSR count). The highest BCUT2D eigenvalue weighted by Gasteiger charge is 2.30. The minimum absolute atomic E-state index is 0.164. The number of ether oxygens (including phenoxy) is 1. The standard InChI is InChI=1S/C22H26N6O2/c1-2-30-18-7-3-16(4-8-18)15-21(29)27-13-11-26(12-14-27)20-10-9-19-23-24-22(17-5-6-17)28(19)25-20/h3-4,7-10,17H,2,5-6,11-15H2,1H3. The molecule has 1 saturated carbocycles. The van der Waals surface area contributed by atoms with E-state index in [0.717, 1.165) is 41.7 Å². The Morgan fingerprint density at radius 3 is 2.50 bits per heavy atom. The van der Waals surface area contributed by atoms with Crippen LogP contribution < -0.4 is 9.64 Å². The van der Waals surface area contributed by atoms with E-state index in [4.69, 9.17) is 9.84 Å². The smallest absolute Gasteiger partial charge is 0.227 e. The Labute approximate surface area is 175 Å². The SMILES string of the molecule is CCOc1ccc(CC(=O)N2CCN(c3ccc4nnc(C5CC5)n4n3)CC2)cc1. The van der Waals surface area contributed by atoms with Crippen molar-refractivity contribution in [1.82, 2.24) is 24.7 Å². The number of fused-ring (bicyclic) bond motifs is 1. The van der Waals surface area contributed by atoms with Gasteiger partial charge in [-0.15, -0.1) is 15.3 Å². The Hall–Kier alpha value is -3.16. The van der Waals surface area contributed by atoms with Gasteiger partial charge in [0.2, 0.25) is 5.91 Å². The van der Waals surface area contributed by atoms with Gasteiger partial charge in [-0.3, -0.25) is 4.79 Å². The molecule has 8 heteroatoms. The van der Waals surface area contributed by atoms with E-state index in [9.17, 15) is 4.79 Å². The molecule has 0 spiro atoms. The summed E-state index contributed by atoms with van der Waals surface area (Å²) in [7, 11) is 0. The molecule has 1 amide bonds. The maximum atomic E-state index is 12.7. The molecule has 0 bridgehead atoms. The van der Waals surface area contributed by atoms with Gasteiger partial charge in [0.25, 0.3) is 0 Å². The lowest BCUT2D eigenvalue weighted by molar-refractivity contribution is -0.130. The van der Waals surface area contributed by atoms with Crippen LogP contribution in [0.2, 0.25) is 0 Å². The van der Waals surface area contributed by atoms with Crippen LogP contribution in [0.3, 0.4) is 0 Å². The van der Waals surface area contributed by atoms with Gasteiger partial charge in [-0.25, -0.2) is 0 Å². The minimum atomic E-state index is 0.164. The fourth-order valence-corrected chi connectivity index (χ4v) is 3.90. The molecule has 0 unspecified atom stereocenters. The Balaban J connectivity index is 1.20. The number of hydrogen-bond acceptors (Lipinski definition) is 6. The Morgan fingerprint density at radius 1 is 1.03 bits per heavy atom. The fraction of sp³-hybridized carbons (Fsp3) is 0.455. The second-order valence-corrected chi connectivity index (χ2v) is 7.92. The Kier molecular flexibility index (Phi) is 4.98. The Morgan fingerprint density at radius 2 is 1.80 bits per heavy atom. The third-order valence-corrected chi connectivity index (χ3v) is 5.76. The number of anilines is 1.